The maximum atomic E-state index is 13.8. The van der Waals surface area contributed by atoms with Crippen LogP contribution in [0.15, 0.2) is 36.4 Å². The number of hydrogen-bond acceptors (Lipinski definition) is 4. The minimum atomic E-state index is 0.0902. The van der Waals surface area contributed by atoms with E-state index in [1.807, 2.05) is 4.90 Å². The van der Waals surface area contributed by atoms with E-state index in [9.17, 15) is 4.79 Å². The Kier molecular flexibility index (Phi) is 6.92. The van der Waals surface area contributed by atoms with Crippen LogP contribution < -0.4 is 19.4 Å². The normalized spacial score (nSPS) is 15.6. The highest BCUT2D eigenvalue weighted by molar-refractivity contribution is 6.06. The standard InChI is InChI=1S/C27H37N3O2/c1-5-28(6-2)21-14-16-23-25(18-21)32-26-19-22(29(7-3)8-4)15-17-24(26)30(23)27(31)20-12-10-9-11-13-20/h14-20H,5-13H2,1-4H3. The van der Waals surface area contributed by atoms with Crippen LogP contribution in [0.5, 0.6) is 11.5 Å². The van der Waals surface area contributed by atoms with E-state index in [1.165, 1.54) is 6.42 Å². The third-order valence-electron chi connectivity index (χ3n) is 7.02. The van der Waals surface area contributed by atoms with Crippen LogP contribution in [0, 0.1) is 5.92 Å². The number of amides is 1. The van der Waals surface area contributed by atoms with Crippen LogP contribution >= 0.6 is 0 Å². The molecule has 2 aromatic carbocycles. The average Bonchev–Trinajstić information content (AvgIpc) is 2.84. The Labute approximate surface area is 193 Å². The fourth-order valence-corrected chi connectivity index (χ4v) is 5.13. The van der Waals surface area contributed by atoms with Crippen LogP contribution in [-0.4, -0.2) is 32.1 Å². The molecule has 32 heavy (non-hydrogen) atoms. The predicted molar refractivity (Wildman–Crippen MR) is 134 cm³/mol. The van der Waals surface area contributed by atoms with E-state index >= 15 is 0 Å². The van der Waals surface area contributed by atoms with Crippen LogP contribution in [0.3, 0.4) is 0 Å². The summed E-state index contributed by atoms with van der Waals surface area (Å²) in [6.45, 7) is 12.4. The number of carbonyl (C=O) groups is 1. The number of benzene rings is 2. The van der Waals surface area contributed by atoms with Gasteiger partial charge in [-0.25, -0.2) is 0 Å². The summed E-state index contributed by atoms with van der Waals surface area (Å²) >= 11 is 0. The Morgan fingerprint density at radius 1 is 0.812 bits per heavy atom. The maximum absolute atomic E-state index is 13.8. The molecule has 1 heterocycles. The Balaban J connectivity index is 1.79. The smallest absolute Gasteiger partial charge is 0.234 e. The molecule has 0 N–H and O–H groups in total. The van der Waals surface area contributed by atoms with Crippen molar-refractivity contribution in [2.75, 3.05) is 40.9 Å². The largest absolute Gasteiger partial charge is 0.453 e. The lowest BCUT2D eigenvalue weighted by Crippen LogP contribution is -2.35. The van der Waals surface area contributed by atoms with E-state index in [4.69, 9.17) is 4.74 Å². The fourth-order valence-electron chi connectivity index (χ4n) is 5.13. The Bertz CT molecular complexity index is 882. The van der Waals surface area contributed by atoms with Crippen LogP contribution in [0.2, 0.25) is 0 Å². The maximum Gasteiger partial charge on any atom is 0.234 e. The minimum Gasteiger partial charge on any atom is -0.453 e. The Morgan fingerprint density at radius 3 is 1.72 bits per heavy atom. The Morgan fingerprint density at radius 2 is 1.28 bits per heavy atom. The van der Waals surface area contributed by atoms with Crippen LogP contribution in [-0.2, 0) is 4.79 Å². The van der Waals surface area contributed by atoms with Crippen molar-refractivity contribution in [2.45, 2.75) is 59.8 Å². The summed E-state index contributed by atoms with van der Waals surface area (Å²) < 4.78 is 6.46. The molecule has 0 bridgehead atoms. The lowest BCUT2D eigenvalue weighted by Gasteiger charge is -2.36. The van der Waals surface area contributed by atoms with Gasteiger partial charge in [-0.05, 0) is 64.8 Å². The third kappa shape index (κ3) is 4.17. The number of anilines is 4. The van der Waals surface area contributed by atoms with Crippen LogP contribution in [0.4, 0.5) is 22.7 Å². The van der Waals surface area contributed by atoms with Gasteiger partial charge in [0.2, 0.25) is 5.91 Å². The first-order valence-electron chi connectivity index (χ1n) is 12.4. The number of hydrogen-bond donors (Lipinski definition) is 0. The van der Waals surface area contributed by atoms with E-state index in [1.54, 1.807) is 0 Å². The van der Waals surface area contributed by atoms with Gasteiger partial charge in [-0.1, -0.05) is 19.3 Å². The summed E-state index contributed by atoms with van der Waals surface area (Å²) in [5, 5.41) is 0. The van der Waals surface area contributed by atoms with Crippen LogP contribution in [0.25, 0.3) is 0 Å². The number of rotatable bonds is 7. The first-order chi connectivity index (χ1) is 15.6. The average molecular weight is 436 g/mol. The molecule has 172 valence electrons. The van der Waals surface area contributed by atoms with E-state index in [0.717, 1.165) is 86.1 Å². The highest BCUT2D eigenvalue weighted by atomic mass is 16.5. The Hall–Kier alpha value is -2.69. The number of nitrogens with zero attached hydrogens (tertiary/aromatic N) is 3. The molecule has 1 aliphatic heterocycles. The van der Waals surface area contributed by atoms with Gasteiger partial charge >= 0.3 is 0 Å². The molecule has 0 aromatic heterocycles. The van der Waals surface area contributed by atoms with Crippen molar-refractivity contribution in [3.63, 3.8) is 0 Å². The van der Waals surface area contributed by atoms with Crippen molar-refractivity contribution in [1.29, 1.82) is 0 Å². The van der Waals surface area contributed by atoms with Gasteiger partial charge in [0.1, 0.15) is 0 Å². The number of fused-ring (bicyclic) bond motifs is 2. The topological polar surface area (TPSA) is 36.0 Å². The molecular weight excluding hydrogens is 398 g/mol. The van der Waals surface area contributed by atoms with Gasteiger partial charge in [-0.3, -0.25) is 9.69 Å². The zero-order valence-corrected chi connectivity index (χ0v) is 20.1. The first kappa shape index (κ1) is 22.5. The second-order valence-electron chi connectivity index (χ2n) is 8.76. The molecule has 0 unspecified atom stereocenters. The van der Waals surface area contributed by atoms with Crippen molar-refractivity contribution >= 4 is 28.7 Å². The van der Waals surface area contributed by atoms with Gasteiger partial charge in [0, 0.05) is 55.6 Å². The van der Waals surface area contributed by atoms with Gasteiger partial charge < -0.3 is 14.5 Å². The molecule has 1 fully saturated rings. The molecule has 2 aromatic rings. The highest BCUT2D eigenvalue weighted by Gasteiger charge is 2.34. The van der Waals surface area contributed by atoms with Crippen molar-refractivity contribution in [3.8, 4) is 11.5 Å². The molecule has 1 saturated carbocycles. The van der Waals surface area contributed by atoms with Gasteiger partial charge in [-0.15, -0.1) is 0 Å². The molecule has 5 heteroatoms. The van der Waals surface area contributed by atoms with E-state index in [2.05, 4.69) is 73.9 Å². The molecule has 2 aliphatic rings. The molecule has 0 saturated heterocycles. The lowest BCUT2D eigenvalue weighted by atomic mass is 9.88. The second kappa shape index (κ2) is 9.85. The second-order valence-corrected chi connectivity index (χ2v) is 8.76. The summed E-state index contributed by atoms with van der Waals surface area (Å²) in [6, 6.07) is 12.5. The van der Waals surface area contributed by atoms with E-state index in [-0.39, 0.29) is 11.8 Å². The third-order valence-corrected chi connectivity index (χ3v) is 7.02. The summed E-state index contributed by atoms with van der Waals surface area (Å²) in [5.74, 6) is 1.83. The minimum absolute atomic E-state index is 0.0902. The SMILES string of the molecule is CCN(CC)c1ccc2c(c1)Oc1cc(N(CC)CC)ccc1N2C(=O)C1CCCCC1. The first-order valence-corrected chi connectivity index (χ1v) is 12.4. The predicted octanol–water partition coefficient (Wildman–Crippen LogP) is 6.73. The van der Waals surface area contributed by atoms with Gasteiger partial charge in [0.05, 0.1) is 11.4 Å². The van der Waals surface area contributed by atoms with E-state index in [0.29, 0.717) is 0 Å². The number of carbonyl (C=O) groups excluding carboxylic acids is 1. The molecule has 0 radical (unpaired) electrons. The van der Waals surface area contributed by atoms with Crippen molar-refractivity contribution in [3.05, 3.63) is 36.4 Å². The quantitative estimate of drug-likeness (QED) is 0.483. The van der Waals surface area contributed by atoms with Gasteiger partial charge in [0.25, 0.3) is 0 Å². The molecular formula is C27H37N3O2. The lowest BCUT2D eigenvalue weighted by molar-refractivity contribution is -0.122. The highest BCUT2D eigenvalue weighted by Crippen LogP contribution is 2.50. The summed E-state index contributed by atoms with van der Waals surface area (Å²) in [7, 11) is 0. The van der Waals surface area contributed by atoms with Crippen molar-refractivity contribution < 1.29 is 9.53 Å². The molecule has 4 rings (SSSR count). The zero-order valence-electron chi connectivity index (χ0n) is 20.1. The molecule has 5 nitrogen and oxygen atoms in total. The van der Waals surface area contributed by atoms with Gasteiger partial charge in [-0.2, -0.15) is 0 Å². The van der Waals surface area contributed by atoms with Crippen molar-refractivity contribution in [1.82, 2.24) is 0 Å². The summed E-state index contributed by atoms with van der Waals surface area (Å²) in [4.78, 5) is 20.3. The molecule has 1 amide bonds. The number of ether oxygens (including phenoxy) is 1. The van der Waals surface area contributed by atoms with Crippen LogP contribution in [0.1, 0.15) is 59.8 Å². The van der Waals surface area contributed by atoms with E-state index < -0.39 is 0 Å². The fraction of sp³-hybridized carbons (Fsp3) is 0.519. The summed E-state index contributed by atoms with van der Waals surface area (Å²) in [5.41, 5.74) is 3.98. The zero-order chi connectivity index (χ0) is 22.7. The van der Waals surface area contributed by atoms with Gasteiger partial charge in [0.15, 0.2) is 11.5 Å². The molecule has 0 atom stereocenters. The molecule has 1 aliphatic carbocycles. The summed E-state index contributed by atoms with van der Waals surface area (Å²) in [6.07, 6.45) is 5.48. The van der Waals surface area contributed by atoms with Crippen molar-refractivity contribution in [2.24, 2.45) is 5.92 Å². The monoisotopic (exact) mass is 435 g/mol. The molecule has 0 spiro atoms.